The predicted octanol–water partition coefficient (Wildman–Crippen LogP) is 4.41. The zero-order valence-corrected chi connectivity index (χ0v) is 23.2. The number of aromatic nitrogens is 6. The Hall–Kier alpha value is -3.63. The van der Waals surface area contributed by atoms with Crippen molar-refractivity contribution in [3.8, 4) is 0 Å². The molecule has 4 heterocycles. The second-order valence-corrected chi connectivity index (χ2v) is 12.1. The number of tetrazole rings is 1. The number of nitrogens with one attached hydrogen (secondary N) is 1. The highest BCUT2D eigenvalue weighted by molar-refractivity contribution is 7.22. The lowest BCUT2D eigenvalue weighted by Gasteiger charge is -2.39. The maximum Gasteiger partial charge on any atom is 0.253 e. The van der Waals surface area contributed by atoms with E-state index in [-0.39, 0.29) is 17.1 Å². The van der Waals surface area contributed by atoms with Crippen molar-refractivity contribution in [2.45, 2.75) is 46.2 Å². The summed E-state index contributed by atoms with van der Waals surface area (Å²) in [7, 11) is 0. The molecule has 1 N–H and O–H groups in total. The van der Waals surface area contributed by atoms with Gasteiger partial charge in [-0.25, -0.2) is 9.67 Å². The lowest BCUT2D eigenvalue weighted by molar-refractivity contribution is 0.190. The molecule has 6 rings (SSSR count). The second-order valence-electron chi connectivity index (χ2n) is 11.1. The van der Waals surface area contributed by atoms with Crippen molar-refractivity contribution in [1.29, 1.82) is 0 Å². The summed E-state index contributed by atoms with van der Waals surface area (Å²) in [5.74, 6) is 0.681. The Balaban J connectivity index is 1.40. The summed E-state index contributed by atoms with van der Waals surface area (Å²) in [6, 6.07) is 14.1. The number of piperazine rings is 1. The minimum atomic E-state index is -0.379. The van der Waals surface area contributed by atoms with Crippen molar-refractivity contribution in [3.63, 3.8) is 0 Å². The number of para-hydroxylation sites is 1. The molecule has 1 saturated heterocycles. The number of aryl methyl sites for hydroxylation is 2. The van der Waals surface area contributed by atoms with E-state index in [9.17, 15) is 4.79 Å². The smallest absolute Gasteiger partial charge is 0.253 e. The van der Waals surface area contributed by atoms with Gasteiger partial charge in [-0.05, 0) is 80.3 Å². The van der Waals surface area contributed by atoms with Crippen LogP contribution in [0.25, 0.3) is 21.1 Å². The van der Waals surface area contributed by atoms with Crippen LogP contribution in [0.1, 0.15) is 49.3 Å². The number of benzene rings is 2. The molecule has 38 heavy (non-hydrogen) atoms. The van der Waals surface area contributed by atoms with Gasteiger partial charge in [0.15, 0.2) is 11.0 Å². The molecule has 0 radical (unpaired) electrons. The number of nitrogens with zero attached hydrogens (tertiary/aromatic N) is 7. The van der Waals surface area contributed by atoms with Crippen LogP contribution in [0.4, 0.5) is 5.13 Å². The number of thiazole rings is 1. The van der Waals surface area contributed by atoms with Crippen LogP contribution in [0.3, 0.4) is 0 Å². The first-order valence-electron chi connectivity index (χ1n) is 13.0. The molecule has 3 aromatic heterocycles. The summed E-state index contributed by atoms with van der Waals surface area (Å²) >= 11 is 1.72. The van der Waals surface area contributed by atoms with Crippen LogP contribution in [-0.2, 0) is 5.54 Å². The molecule has 9 nitrogen and oxygen atoms in total. The number of anilines is 1. The van der Waals surface area contributed by atoms with Gasteiger partial charge in [-0.3, -0.25) is 9.69 Å². The lowest BCUT2D eigenvalue weighted by atomic mass is 9.99. The zero-order valence-electron chi connectivity index (χ0n) is 22.4. The van der Waals surface area contributed by atoms with Crippen LogP contribution in [-0.4, -0.2) is 61.3 Å². The number of pyridine rings is 1. The normalized spacial score (nSPS) is 16.0. The summed E-state index contributed by atoms with van der Waals surface area (Å²) in [4.78, 5) is 26.3. The van der Waals surface area contributed by atoms with E-state index in [2.05, 4.69) is 88.3 Å². The summed E-state index contributed by atoms with van der Waals surface area (Å²) in [6.45, 7) is 13.4. The second kappa shape index (κ2) is 9.28. The molecule has 196 valence electrons. The lowest BCUT2D eigenvalue weighted by Crippen LogP contribution is -2.49. The molecule has 0 saturated carbocycles. The van der Waals surface area contributed by atoms with Crippen LogP contribution in [0.5, 0.6) is 0 Å². The highest BCUT2D eigenvalue weighted by Crippen LogP contribution is 2.33. The SMILES string of the molecule is Cc1cc(C)c2[nH]c(=O)c(C(c3nnnn3C(C)(C)C)N3CCN(c4nc5ccccc5s4)CC3)cc2c1. The Morgan fingerprint density at radius 2 is 1.79 bits per heavy atom. The molecule has 2 aromatic carbocycles. The van der Waals surface area contributed by atoms with Gasteiger partial charge in [0, 0.05) is 31.7 Å². The minimum Gasteiger partial charge on any atom is -0.345 e. The third-order valence-electron chi connectivity index (χ3n) is 7.22. The number of H-pyrrole nitrogens is 1. The van der Waals surface area contributed by atoms with Gasteiger partial charge in [-0.2, -0.15) is 0 Å². The third-order valence-corrected chi connectivity index (χ3v) is 8.32. The van der Waals surface area contributed by atoms with Gasteiger partial charge < -0.3 is 9.88 Å². The Bertz CT molecular complexity index is 1650. The quantitative estimate of drug-likeness (QED) is 0.369. The summed E-state index contributed by atoms with van der Waals surface area (Å²) in [6.07, 6.45) is 0. The molecule has 0 amide bonds. The van der Waals surface area contributed by atoms with E-state index in [1.54, 1.807) is 11.3 Å². The summed E-state index contributed by atoms with van der Waals surface area (Å²) in [5.41, 5.74) is 4.35. The molecule has 1 unspecified atom stereocenters. The monoisotopic (exact) mass is 528 g/mol. The first-order chi connectivity index (χ1) is 18.2. The standard InChI is InChI=1S/C28H32N8OS/c1-17-14-18(2)23-19(15-17)16-20(26(37)30-23)24(25-31-32-33-36(25)28(3,4)5)34-10-12-35(13-11-34)27-29-21-8-6-7-9-22(21)38-27/h6-9,14-16,24H,10-13H2,1-5H3,(H,30,37). The third kappa shape index (κ3) is 4.37. The van der Waals surface area contributed by atoms with Gasteiger partial charge in [-0.15, -0.1) is 5.10 Å². The van der Waals surface area contributed by atoms with Gasteiger partial charge >= 0.3 is 0 Å². The van der Waals surface area contributed by atoms with Crippen molar-refractivity contribution < 1.29 is 0 Å². The van der Waals surface area contributed by atoms with Crippen LogP contribution in [0.15, 0.2) is 47.3 Å². The van der Waals surface area contributed by atoms with Gasteiger partial charge in [0.05, 0.1) is 21.3 Å². The molecule has 1 aliphatic rings. The van der Waals surface area contributed by atoms with Crippen LogP contribution >= 0.6 is 11.3 Å². The van der Waals surface area contributed by atoms with Gasteiger partial charge in [-0.1, -0.05) is 35.1 Å². The molecule has 0 spiro atoms. The zero-order chi connectivity index (χ0) is 26.6. The fraction of sp³-hybridized carbons (Fsp3) is 0.393. The predicted molar refractivity (Wildman–Crippen MR) is 152 cm³/mol. The van der Waals surface area contributed by atoms with E-state index in [0.717, 1.165) is 58.9 Å². The van der Waals surface area contributed by atoms with Gasteiger partial charge in [0.1, 0.15) is 6.04 Å². The minimum absolute atomic E-state index is 0.105. The molecule has 5 aromatic rings. The Kier molecular flexibility index (Phi) is 6.03. The highest BCUT2D eigenvalue weighted by atomic mass is 32.1. The van der Waals surface area contributed by atoms with Crippen molar-refractivity contribution in [1.82, 2.24) is 35.1 Å². The van der Waals surface area contributed by atoms with E-state index < -0.39 is 0 Å². The molecular formula is C28H32N8OS. The number of rotatable bonds is 4. The number of fused-ring (bicyclic) bond motifs is 2. The topological polar surface area (TPSA) is 95.8 Å². The van der Waals surface area contributed by atoms with Gasteiger partial charge in [0.2, 0.25) is 0 Å². The summed E-state index contributed by atoms with van der Waals surface area (Å²) in [5, 5.41) is 14.9. The Labute approximate surface area is 225 Å². The van der Waals surface area contributed by atoms with Crippen molar-refractivity contribution in [3.05, 3.63) is 75.3 Å². The molecule has 1 fully saturated rings. The molecular weight excluding hydrogens is 496 g/mol. The molecule has 0 bridgehead atoms. The first kappa shape index (κ1) is 24.7. The summed E-state index contributed by atoms with van der Waals surface area (Å²) < 4.78 is 3.04. The fourth-order valence-corrected chi connectivity index (χ4v) is 6.43. The van der Waals surface area contributed by atoms with Gasteiger partial charge in [0.25, 0.3) is 5.56 Å². The number of aromatic amines is 1. The number of hydrogen-bond donors (Lipinski definition) is 1. The van der Waals surface area contributed by atoms with Crippen molar-refractivity contribution >= 4 is 37.6 Å². The molecule has 0 aliphatic carbocycles. The molecule has 1 atom stereocenters. The van der Waals surface area contributed by atoms with Crippen LogP contribution in [0, 0.1) is 13.8 Å². The Morgan fingerprint density at radius 3 is 2.53 bits per heavy atom. The number of hydrogen-bond acceptors (Lipinski definition) is 8. The van der Waals surface area contributed by atoms with E-state index in [1.807, 2.05) is 23.7 Å². The average Bonchev–Trinajstić information content (AvgIpc) is 3.53. The van der Waals surface area contributed by atoms with Crippen LogP contribution in [0.2, 0.25) is 0 Å². The molecule has 1 aliphatic heterocycles. The van der Waals surface area contributed by atoms with E-state index in [1.165, 1.54) is 4.70 Å². The van der Waals surface area contributed by atoms with Crippen LogP contribution < -0.4 is 10.5 Å². The maximum atomic E-state index is 13.6. The van der Waals surface area contributed by atoms with E-state index in [4.69, 9.17) is 4.98 Å². The van der Waals surface area contributed by atoms with Crippen molar-refractivity contribution in [2.75, 3.05) is 31.1 Å². The highest BCUT2D eigenvalue weighted by Gasteiger charge is 2.35. The molecule has 10 heteroatoms. The van der Waals surface area contributed by atoms with E-state index >= 15 is 0 Å². The van der Waals surface area contributed by atoms with E-state index in [0.29, 0.717) is 11.4 Å². The van der Waals surface area contributed by atoms with Crippen molar-refractivity contribution in [2.24, 2.45) is 0 Å². The first-order valence-corrected chi connectivity index (χ1v) is 13.8. The largest absolute Gasteiger partial charge is 0.345 e. The Morgan fingerprint density at radius 1 is 1.03 bits per heavy atom. The maximum absolute atomic E-state index is 13.6. The average molecular weight is 529 g/mol. The fourth-order valence-electron chi connectivity index (χ4n) is 5.42.